The van der Waals surface area contributed by atoms with Crippen molar-refractivity contribution in [2.24, 2.45) is 0 Å². The third-order valence-electron chi connectivity index (χ3n) is 2.69. The van der Waals surface area contributed by atoms with E-state index in [0.29, 0.717) is 6.42 Å². The number of carboxylic acid groups (broad SMARTS) is 1. The van der Waals surface area contributed by atoms with Crippen molar-refractivity contribution in [1.82, 2.24) is 0 Å². The fourth-order valence-electron chi connectivity index (χ4n) is 1.59. The van der Waals surface area contributed by atoms with Crippen molar-refractivity contribution in [2.75, 3.05) is 0 Å². The number of aliphatic carboxylic acids is 1. The molecule has 0 amide bonds. The van der Waals surface area contributed by atoms with Gasteiger partial charge in [-0.3, -0.25) is 0 Å². The summed E-state index contributed by atoms with van der Waals surface area (Å²) in [6, 6.07) is 0. The maximum atomic E-state index is 10.2. The van der Waals surface area contributed by atoms with E-state index in [4.69, 9.17) is 5.11 Å². The van der Waals surface area contributed by atoms with E-state index >= 15 is 0 Å². The molecule has 0 aliphatic rings. The maximum absolute atomic E-state index is 10.2. The van der Waals surface area contributed by atoms with Crippen LogP contribution in [0, 0.1) is 0 Å². The molecular formula is C20H28O2. The number of hydrogen-bond acceptors (Lipinski definition) is 1. The van der Waals surface area contributed by atoms with Crippen LogP contribution in [0.2, 0.25) is 0 Å². The number of allylic oxidation sites excluding steroid dienone is 11. The predicted molar refractivity (Wildman–Crippen MR) is 95.9 cm³/mol. The SMILES string of the molecule is CCC=CCC=CCC=CCC=CCC=CCC=CC(=O)O. The number of carbonyl (C=O) groups is 1. The normalized spacial score (nSPS) is 13.1. The first-order valence-corrected chi connectivity index (χ1v) is 7.91. The number of rotatable bonds is 12. The van der Waals surface area contributed by atoms with Crippen molar-refractivity contribution in [3.05, 3.63) is 72.9 Å². The van der Waals surface area contributed by atoms with Crippen molar-refractivity contribution in [2.45, 2.75) is 45.4 Å². The first-order chi connectivity index (χ1) is 10.8. The largest absolute Gasteiger partial charge is 0.478 e. The van der Waals surface area contributed by atoms with Gasteiger partial charge in [-0.1, -0.05) is 73.8 Å². The highest BCUT2D eigenvalue weighted by molar-refractivity contribution is 5.79. The van der Waals surface area contributed by atoms with Gasteiger partial charge < -0.3 is 5.11 Å². The molecule has 0 radical (unpaired) electrons. The molecule has 0 fully saturated rings. The van der Waals surface area contributed by atoms with Crippen LogP contribution in [0.1, 0.15) is 45.4 Å². The Morgan fingerprint density at radius 1 is 0.636 bits per heavy atom. The topological polar surface area (TPSA) is 37.3 Å². The molecule has 0 unspecified atom stereocenters. The maximum Gasteiger partial charge on any atom is 0.327 e. The molecule has 0 aliphatic carbocycles. The zero-order chi connectivity index (χ0) is 16.3. The van der Waals surface area contributed by atoms with Crippen LogP contribution >= 0.6 is 0 Å². The van der Waals surface area contributed by atoms with E-state index in [1.54, 1.807) is 6.08 Å². The van der Waals surface area contributed by atoms with E-state index < -0.39 is 5.97 Å². The van der Waals surface area contributed by atoms with Gasteiger partial charge in [-0.25, -0.2) is 4.79 Å². The standard InChI is InChI=1S/C20H28O2/c1-2-3-4-5-6-7-8-9-10-11-12-13-14-15-16-17-18-19-20(21)22/h3-4,6-7,9-10,12-13,15-16,18-19H,2,5,8,11,14,17H2,1H3,(H,21,22). The van der Waals surface area contributed by atoms with Crippen LogP contribution in [0.25, 0.3) is 0 Å². The monoisotopic (exact) mass is 300 g/mol. The summed E-state index contributed by atoms with van der Waals surface area (Å²) in [5, 5.41) is 8.40. The summed E-state index contributed by atoms with van der Waals surface area (Å²) in [7, 11) is 0. The van der Waals surface area contributed by atoms with E-state index in [1.165, 1.54) is 6.08 Å². The van der Waals surface area contributed by atoms with Crippen molar-refractivity contribution in [3.8, 4) is 0 Å². The summed E-state index contributed by atoms with van der Waals surface area (Å²) in [6.07, 6.45) is 29.8. The summed E-state index contributed by atoms with van der Waals surface area (Å²) >= 11 is 0. The zero-order valence-corrected chi connectivity index (χ0v) is 13.5. The van der Waals surface area contributed by atoms with Gasteiger partial charge in [-0.15, -0.1) is 0 Å². The van der Waals surface area contributed by atoms with Crippen LogP contribution in [-0.2, 0) is 4.79 Å². The zero-order valence-electron chi connectivity index (χ0n) is 13.5. The van der Waals surface area contributed by atoms with Gasteiger partial charge >= 0.3 is 5.97 Å². The average molecular weight is 300 g/mol. The third kappa shape index (κ3) is 17.9. The second kappa shape index (κ2) is 17.0. The highest BCUT2D eigenvalue weighted by Gasteiger charge is 1.81. The average Bonchev–Trinajstić information content (AvgIpc) is 2.50. The summed E-state index contributed by atoms with van der Waals surface area (Å²) in [5.41, 5.74) is 0. The summed E-state index contributed by atoms with van der Waals surface area (Å²) in [5.74, 6) is -0.896. The molecule has 0 spiro atoms. The van der Waals surface area contributed by atoms with Crippen LogP contribution in [0.3, 0.4) is 0 Å². The Morgan fingerprint density at radius 2 is 0.955 bits per heavy atom. The molecule has 22 heavy (non-hydrogen) atoms. The molecule has 0 heterocycles. The highest BCUT2D eigenvalue weighted by Crippen LogP contribution is 1.96. The summed E-state index contributed by atoms with van der Waals surface area (Å²) in [6.45, 7) is 2.14. The predicted octanol–water partition coefficient (Wildman–Crippen LogP) is 5.77. The van der Waals surface area contributed by atoms with Crippen LogP contribution in [0.4, 0.5) is 0 Å². The molecular weight excluding hydrogens is 272 g/mol. The molecule has 0 aromatic heterocycles. The number of carboxylic acids is 1. The van der Waals surface area contributed by atoms with E-state index in [0.717, 1.165) is 32.1 Å². The minimum absolute atomic E-state index is 0.666. The van der Waals surface area contributed by atoms with Crippen LogP contribution in [-0.4, -0.2) is 11.1 Å². The van der Waals surface area contributed by atoms with Crippen molar-refractivity contribution in [1.29, 1.82) is 0 Å². The molecule has 1 N–H and O–H groups in total. The van der Waals surface area contributed by atoms with E-state index in [1.807, 2.05) is 12.2 Å². The molecule has 0 aromatic rings. The van der Waals surface area contributed by atoms with E-state index in [9.17, 15) is 4.79 Å². The molecule has 0 atom stereocenters. The summed E-state index contributed by atoms with van der Waals surface area (Å²) < 4.78 is 0. The molecule has 0 saturated heterocycles. The van der Waals surface area contributed by atoms with Gasteiger partial charge in [-0.05, 0) is 38.5 Å². The van der Waals surface area contributed by atoms with Crippen LogP contribution in [0.15, 0.2) is 72.9 Å². The Kier molecular flexibility index (Phi) is 15.4. The smallest absolute Gasteiger partial charge is 0.327 e. The minimum Gasteiger partial charge on any atom is -0.478 e. The lowest BCUT2D eigenvalue weighted by Crippen LogP contribution is -1.84. The Labute approximate surface area is 134 Å². The van der Waals surface area contributed by atoms with Gasteiger partial charge in [-0.2, -0.15) is 0 Å². The Bertz CT molecular complexity index is 435. The number of hydrogen-bond donors (Lipinski definition) is 1. The van der Waals surface area contributed by atoms with Crippen molar-refractivity contribution >= 4 is 5.97 Å². The fraction of sp³-hybridized carbons (Fsp3) is 0.350. The van der Waals surface area contributed by atoms with Gasteiger partial charge in [0.15, 0.2) is 0 Å². The second-order valence-corrected chi connectivity index (χ2v) is 4.68. The lowest BCUT2D eigenvalue weighted by molar-refractivity contribution is -0.131. The van der Waals surface area contributed by atoms with Crippen molar-refractivity contribution in [3.63, 3.8) is 0 Å². The second-order valence-electron chi connectivity index (χ2n) is 4.68. The molecule has 0 aromatic carbocycles. The fourth-order valence-corrected chi connectivity index (χ4v) is 1.59. The quantitative estimate of drug-likeness (QED) is 0.367. The minimum atomic E-state index is -0.896. The van der Waals surface area contributed by atoms with Crippen LogP contribution in [0.5, 0.6) is 0 Å². The first kappa shape index (κ1) is 19.9. The lowest BCUT2D eigenvalue weighted by Gasteiger charge is -1.85. The Balaban J connectivity index is 3.53. The summed E-state index contributed by atoms with van der Waals surface area (Å²) in [4.78, 5) is 10.2. The highest BCUT2D eigenvalue weighted by atomic mass is 16.4. The Hall–Kier alpha value is -2.09. The lowest BCUT2D eigenvalue weighted by atomic mass is 10.2. The molecule has 0 saturated carbocycles. The van der Waals surface area contributed by atoms with Gasteiger partial charge in [0, 0.05) is 6.08 Å². The van der Waals surface area contributed by atoms with E-state index in [-0.39, 0.29) is 0 Å². The molecule has 0 aliphatic heterocycles. The molecule has 2 nitrogen and oxygen atoms in total. The first-order valence-electron chi connectivity index (χ1n) is 7.91. The van der Waals surface area contributed by atoms with Crippen molar-refractivity contribution < 1.29 is 9.90 Å². The van der Waals surface area contributed by atoms with Gasteiger partial charge in [0.2, 0.25) is 0 Å². The molecule has 2 heteroatoms. The molecule has 0 bridgehead atoms. The van der Waals surface area contributed by atoms with Gasteiger partial charge in [0.1, 0.15) is 0 Å². The third-order valence-corrected chi connectivity index (χ3v) is 2.69. The Morgan fingerprint density at radius 3 is 1.27 bits per heavy atom. The van der Waals surface area contributed by atoms with Gasteiger partial charge in [0.05, 0.1) is 0 Å². The van der Waals surface area contributed by atoms with Gasteiger partial charge in [0.25, 0.3) is 0 Å². The molecule has 120 valence electrons. The van der Waals surface area contributed by atoms with E-state index in [2.05, 4.69) is 55.5 Å². The molecule has 0 rings (SSSR count). The van der Waals surface area contributed by atoms with Crippen LogP contribution < -0.4 is 0 Å².